The highest BCUT2D eigenvalue weighted by molar-refractivity contribution is 5.86. The summed E-state index contributed by atoms with van der Waals surface area (Å²) in [7, 11) is 0. The molecule has 1 heterocycles. The minimum atomic E-state index is 0.267. The van der Waals surface area contributed by atoms with Crippen LogP contribution in [0.2, 0.25) is 0 Å². The number of fused-ring (bicyclic) bond motifs is 2. The molecule has 1 aliphatic carbocycles. The zero-order valence-corrected chi connectivity index (χ0v) is 5.30. The molecule has 2 fully saturated rings. The van der Waals surface area contributed by atoms with Crippen LogP contribution in [-0.4, -0.2) is 19.0 Å². The van der Waals surface area contributed by atoms with Gasteiger partial charge in [0.1, 0.15) is 5.78 Å². The second-order valence-corrected chi connectivity index (χ2v) is 2.91. The van der Waals surface area contributed by atoms with Gasteiger partial charge >= 0.3 is 0 Å². The molecule has 0 spiro atoms. The van der Waals surface area contributed by atoms with E-state index in [0.717, 1.165) is 12.8 Å². The van der Waals surface area contributed by atoms with E-state index < -0.39 is 0 Å². The van der Waals surface area contributed by atoms with Gasteiger partial charge in [-0.3, -0.25) is 4.79 Å². The van der Waals surface area contributed by atoms with Crippen molar-refractivity contribution in [3.63, 3.8) is 0 Å². The molecule has 0 aromatic heterocycles. The molecule has 50 valence electrons. The minimum absolute atomic E-state index is 0.267. The van der Waals surface area contributed by atoms with E-state index >= 15 is 0 Å². The van der Waals surface area contributed by atoms with Gasteiger partial charge in [0, 0.05) is 11.8 Å². The Hall–Kier alpha value is -0.370. The summed E-state index contributed by atoms with van der Waals surface area (Å²) in [5.74, 6) is 0.994. The number of hydrogen-bond donors (Lipinski definition) is 0. The van der Waals surface area contributed by atoms with Crippen molar-refractivity contribution in [2.24, 2.45) is 11.8 Å². The molecule has 2 aliphatic rings. The van der Waals surface area contributed by atoms with Crippen LogP contribution in [0.25, 0.3) is 0 Å². The highest BCUT2D eigenvalue weighted by Gasteiger charge is 2.37. The average molecular weight is 126 g/mol. The largest absolute Gasteiger partial charge is 0.380 e. The first-order valence-corrected chi connectivity index (χ1v) is 3.49. The molecule has 0 radical (unpaired) electrons. The van der Waals surface area contributed by atoms with E-state index in [1.165, 1.54) is 0 Å². The summed E-state index contributed by atoms with van der Waals surface area (Å²) in [5, 5.41) is 0. The molecule has 9 heavy (non-hydrogen) atoms. The van der Waals surface area contributed by atoms with E-state index in [4.69, 9.17) is 4.74 Å². The maximum absolute atomic E-state index is 11.1. The topological polar surface area (TPSA) is 26.3 Å². The molecule has 2 rings (SSSR count). The lowest BCUT2D eigenvalue weighted by atomic mass is 10.0. The predicted molar refractivity (Wildman–Crippen MR) is 32.0 cm³/mol. The van der Waals surface area contributed by atoms with Crippen LogP contribution in [-0.2, 0) is 9.53 Å². The van der Waals surface area contributed by atoms with E-state index in [1.54, 1.807) is 0 Å². The quantitative estimate of drug-likeness (QED) is 0.475. The van der Waals surface area contributed by atoms with Gasteiger partial charge in [0.25, 0.3) is 0 Å². The number of carbonyl (C=O) groups is 1. The Balaban J connectivity index is 2.19. The van der Waals surface area contributed by atoms with Crippen LogP contribution >= 0.6 is 0 Å². The van der Waals surface area contributed by atoms with Crippen molar-refractivity contribution >= 4 is 5.78 Å². The molecule has 2 nitrogen and oxygen atoms in total. The van der Waals surface area contributed by atoms with Crippen molar-refractivity contribution in [3.8, 4) is 0 Å². The zero-order chi connectivity index (χ0) is 6.27. The minimum Gasteiger partial charge on any atom is -0.380 e. The molecule has 1 saturated carbocycles. The Morgan fingerprint density at radius 2 is 1.78 bits per heavy atom. The average Bonchev–Trinajstić information content (AvgIpc) is 2.19. The Labute approximate surface area is 54.2 Å². The van der Waals surface area contributed by atoms with Gasteiger partial charge in [0.05, 0.1) is 13.2 Å². The smallest absolute Gasteiger partial charge is 0.143 e. The van der Waals surface area contributed by atoms with Gasteiger partial charge in [-0.25, -0.2) is 0 Å². The van der Waals surface area contributed by atoms with E-state index in [-0.39, 0.29) is 11.8 Å². The van der Waals surface area contributed by atoms with Crippen LogP contribution in [0.3, 0.4) is 0 Å². The molecular formula is C7H10O2. The molecule has 1 aliphatic heterocycles. The summed E-state index contributed by atoms with van der Waals surface area (Å²) >= 11 is 0. The first-order valence-electron chi connectivity index (χ1n) is 3.49. The van der Waals surface area contributed by atoms with Gasteiger partial charge in [0.2, 0.25) is 0 Å². The van der Waals surface area contributed by atoms with Crippen molar-refractivity contribution in [3.05, 3.63) is 0 Å². The van der Waals surface area contributed by atoms with E-state index in [9.17, 15) is 4.79 Å². The third-order valence-corrected chi connectivity index (χ3v) is 2.31. The van der Waals surface area contributed by atoms with E-state index in [1.807, 2.05) is 0 Å². The maximum atomic E-state index is 11.1. The Bertz CT molecular complexity index is 124. The van der Waals surface area contributed by atoms with Crippen LogP contribution in [0.5, 0.6) is 0 Å². The van der Waals surface area contributed by atoms with Crippen molar-refractivity contribution in [1.29, 1.82) is 0 Å². The Morgan fingerprint density at radius 1 is 1.22 bits per heavy atom. The van der Waals surface area contributed by atoms with Gasteiger partial charge < -0.3 is 4.74 Å². The zero-order valence-electron chi connectivity index (χ0n) is 5.30. The molecule has 1 saturated heterocycles. The summed E-state index contributed by atoms with van der Waals surface area (Å²) in [6, 6.07) is 0. The van der Waals surface area contributed by atoms with E-state index in [0.29, 0.717) is 19.0 Å². The molecule has 0 N–H and O–H groups in total. The molecule has 0 aromatic carbocycles. The molecule has 2 heteroatoms. The second kappa shape index (κ2) is 1.81. The fourth-order valence-electron chi connectivity index (χ4n) is 1.70. The first-order chi connectivity index (χ1) is 4.38. The highest BCUT2D eigenvalue weighted by atomic mass is 16.5. The molecule has 2 atom stereocenters. The number of ether oxygens (including phenoxy) is 1. The van der Waals surface area contributed by atoms with Crippen molar-refractivity contribution < 1.29 is 9.53 Å². The molecule has 0 aromatic rings. The van der Waals surface area contributed by atoms with E-state index in [2.05, 4.69) is 0 Å². The van der Waals surface area contributed by atoms with Crippen molar-refractivity contribution in [2.45, 2.75) is 12.8 Å². The Kier molecular flexibility index (Phi) is 1.09. The fourth-order valence-corrected chi connectivity index (χ4v) is 1.70. The van der Waals surface area contributed by atoms with Gasteiger partial charge in [-0.1, -0.05) is 0 Å². The number of Topliss-reactive ketones (excluding diaryl/α,β-unsaturated/α-hetero) is 1. The van der Waals surface area contributed by atoms with Crippen LogP contribution in [0.1, 0.15) is 12.8 Å². The predicted octanol–water partition coefficient (Wildman–Crippen LogP) is 0.612. The van der Waals surface area contributed by atoms with Crippen molar-refractivity contribution in [1.82, 2.24) is 0 Å². The lowest BCUT2D eigenvalue weighted by molar-refractivity contribution is -0.132. The summed E-state index contributed by atoms with van der Waals surface area (Å²) < 4.78 is 5.21. The third-order valence-electron chi connectivity index (χ3n) is 2.31. The van der Waals surface area contributed by atoms with Gasteiger partial charge in [-0.2, -0.15) is 0 Å². The van der Waals surface area contributed by atoms with Gasteiger partial charge in [-0.05, 0) is 12.8 Å². The highest BCUT2D eigenvalue weighted by Crippen LogP contribution is 2.31. The lowest BCUT2D eigenvalue weighted by Gasteiger charge is -2.16. The van der Waals surface area contributed by atoms with Gasteiger partial charge in [-0.15, -0.1) is 0 Å². The number of ketones is 1. The third kappa shape index (κ3) is 0.697. The number of rotatable bonds is 0. The summed E-state index contributed by atoms with van der Waals surface area (Å²) in [4.78, 5) is 11.1. The molecule has 0 amide bonds. The van der Waals surface area contributed by atoms with Crippen molar-refractivity contribution in [2.75, 3.05) is 13.2 Å². The molecule has 0 unspecified atom stereocenters. The second-order valence-electron chi connectivity index (χ2n) is 2.91. The maximum Gasteiger partial charge on any atom is 0.143 e. The van der Waals surface area contributed by atoms with Crippen LogP contribution in [0, 0.1) is 11.8 Å². The molecule has 2 bridgehead atoms. The number of carbonyl (C=O) groups excluding carboxylic acids is 1. The summed E-state index contributed by atoms with van der Waals surface area (Å²) in [6.45, 7) is 1.38. The summed E-state index contributed by atoms with van der Waals surface area (Å²) in [5.41, 5.74) is 0. The standard InChI is InChI=1S/C7H10O2/c8-7-5-1-2-6(7)4-9-3-5/h5-6H,1-4H2/t5-,6+. The number of hydrogen-bond acceptors (Lipinski definition) is 2. The monoisotopic (exact) mass is 126 g/mol. The van der Waals surface area contributed by atoms with Crippen LogP contribution in [0.4, 0.5) is 0 Å². The Morgan fingerprint density at radius 3 is 2.22 bits per heavy atom. The lowest BCUT2D eigenvalue weighted by Crippen LogP contribution is -2.28. The fraction of sp³-hybridized carbons (Fsp3) is 0.857. The van der Waals surface area contributed by atoms with Crippen LogP contribution < -0.4 is 0 Å². The first kappa shape index (κ1) is 5.42. The van der Waals surface area contributed by atoms with Crippen LogP contribution in [0.15, 0.2) is 0 Å². The summed E-state index contributed by atoms with van der Waals surface area (Å²) in [6.07, 6.45) is 2.15. The normalized spacial score (nSPS) is 41.6. The molecular weight excluding hydrogens is 116 g/mol. The van der Waals surface area contributed by atoms with Gasteiger partial charge in [0.15, 0.2) is 0 Å². The SMILES string of the molecule is O=C1[C@@H]2CC[C@H]1COC2.